The van der Waals surface area contributed by atoms with Gasteiger partial charge in [-0.3, -0.25) is 4.99 Å². The van der Waals surface area contributed by atoms with E-state index in [-0.39, 0.29) is 17.7 Å². The van der Waals surface area contributed by atoms with Crippen LogP contribution in [-0.2, 0) is 0 Å². The molecule has 0 aliphatic heterocycles. The predicted octanol–water partition coefficient (Wildman–Crippen LogP) is 5.96. The van der Waals surface area contributed by atoms with Crippen molar-refractivity contribution in [2.24, 2.45) is 4.99 Å². The van der Waals surface area contributed by atoms with E-state index in [1.165, 1.54) is 17.4 Å². The number of aromatic nitrogens is 1. The summed E-state index contributed by atoms with van der Waals surface area (Å²) in [5, 5.41) is 12.8. The van der Waals surface area contributed by atoms with Gasteiger partial charge in [-0.25, -0.2) is 4.98 Å². The molecule has 1 atom stereocenters. The molecule has 0 amide bonds. The van der Waals surface area contributed by atoms with E-state index in [2.05, 4.69) is 14.7 Å². The fourth-order valence-corrected chi connectivity index (χ4v) is 3.15. The highest BCUT2D eigenvalue weighted by molar-refractivity contribution is 7.13. The van der Waals surface area contributed by atoms with Crippen molar-refractivity contribution in [3.8, 4) is 16.3 Å². The number of rotatable bonds is 6. The van der Waals surface area contributed by atoms with Crippen molar-refractivity contribution in [3.05, 3.63) is 28.8 Å². The quantitative estimate of drug-likeness (QED) is 0.623. The van der Waals surface area contributed by atoms with Crippen molar-refractivity contribution < 1.29 is 23.0 Å². The number of ether oxygens (including phenoxy) is 1. The smallest absolute Gasteiger partial charge is 0.403 e. The van der Waals surface area contributed by atoms with E-state index in [4.69, 9.17) is 0 Å². The van der Waals surface area contributed by atoms with E-state index in [0.717, 1.165) is 0 Å². The van der Waals surface area contributed by atoms with E-state index in [1.54, 1.807) is 32.3 Å². The first-order valence-corrected chi connectivity index (χ1v) is 9.11. The van der Waals surface area contributed by atoms with Gasteiger partial charge in [-0.05, 0) is 38.3 Å². The Morgan fingerprint density at radius 3 is 2.58 bits per heavy atom. The molecule has 142 valence electrons. The van der Waals surface area contributed by atoms with Gasteiger partial charge < -0.3 is 9.84 Å². The lowest BCUT2D eigenvalue weighted by atomic mass is 9.97. The molecule has 0 radical (unpaired) electrons. The van der Waals surface area contributed by atoms with Gasteiger partial charge in [-0.2, -0.15) is 0 Å². The zero-order chi connectivity index (χ0) is 19.5. The number of hydrogen-bond acceptors (Lipinski definition) is 5. The number of aliphatic hydroxyl groups is 1. The van der Waals surface area contributed by atoms with Crippen LogP contribution < -0.4 is 4.74 Å². The molecular weight excluding hydrogens is 365 g/mol. The van der Waals surface area contributed by atoms with Crippen molar-refractivity contribution in [1.82, 2.24) is 4.98 Å². The van der Waals surface area contributed by atoms with Crippen LogP contribution in [0.5, 0.6) is 5.75 Å². The zero-order valence-electron chi connectivity index (χ0n) is 15.0. The first-order valence-electron chi connectivity index (χ1n) is 8.23. The summed E-state index contributed by atoms with van der Waals surface area (Å²) in [6, 6.07) is 1.52. The molecule has 2 aromatic rings. The average molecular weight is 386 g/mol. The fourth-order valence-electron chi connectivity index (χ4n) is 2.44. The molecule has 26 heavy (non-hydrogen) atoms. The predicted molar refractivity (Wildman–Crippen MR) is 97.3 cm³/mol. The largest absolute Gasteiger partial charge is 0.573 e. The van der Waals surface area contributed by atoms with Gasteiger partial charge in [-0.15, -0.1) is 24.5 Å². The van der Waals surface area contributed by atoms with Gasteiger partial charge >= 0.3 is 6.36 Å². The van der Waals surface area contributed by atoms with Crippen molar-refractivity contribution in [2.45, 2.75) is 53.0 Å². The van der Waals surface area contributed by atoms with Crippen LogP contribution in [0, 0.1) is 6.92 Å². The maximum absolute atomic E-state index is 13.0. The summed E-state index contributed by atoms with van der Waals surface area (Å²) in [7, 11) is 0. The molecule has 0 spiro atoms. The van der Waals surface area contributed by atoms with E-state index >= 15 is 0 Å². The van der Waals surface area contributed by atoms with Gasteiger partial charge in [0.05, 0.1) is 6.10 Å². The summed E-state index contributed by atoms with van der Waals surface area (Å²) >= 11 is 1.37. The third kappa shape index (κ3) is 4.62. The summed E-state index contributed by atoms with van der Waals surface area (Å²) in [6.07, 6.45) is -3.55. The monoisotopic (exact) mass is 386 g/mol. The molecule has 0 aliphatic carbocycles. The van der Waals surface area contributed by atoms with Crippen LogP contribution in [0.25, 0.3) is 10.6 Å². The summed E-state index contributed by atoms with van der Waals surface area (Å²) in [5.74, 6) is -0.447. The Labute approximate surface area is 154 Å². The number of nitrogens with zero attached hydrogens (tertiary/aromatic N) is 2. The topological polar surface area (TPSA) is 54.7 Å². The molecule has 4 nitrogen and oxygen atoms in total. The second-order valence-corrected chi connectivity index (χ2v) is 6.72. The van der Waals surface area contributed by atoms with E-state index < -0.39 is 18.2 Å². The third-order valence-electron chi connectivity index (χ3n) is 3.98. The highest BCUT2D eigenvalue weighted by Crippen LogP contribution is 2.46. The van der Waals surface area contributed by atoms with Crippen LogP contribution in [0.2, 0.25) is 0 Å². The first kappa shape index (κ1) is 20.4. The Bertz CT molecular complexity index is 787. The second kappa shape index (κ2) is 8.18. The Balaban J connectivity index is 2.83. The number of aliphatic hydroxyl groups excluding tert-OH is 1. The number of benzene rings is 1. The molecule has 1 aromatic carbocycles. The first-order chi connectivity index (χ1) is 12.2. The molecule has 1 heterocycles. The second-order valence-electron chi connectivity index (χ2n) is 5.83. The number of hydrogen-bond donors (Lipinski definition) is 1. The van der Waals surface area contributed by atoms with Gasteiger partial charge in [0.25, 0.3) is 0 Å². The van der Waals surface area contributed by atoms with Gasteiger partial charge in [0.2, 0.25) is 0 Å². The number of halogens is 3. The normalized spacial score (nSPS) is 13.8. The van der Waals surface area contributed by atoms with E-state index in [1.807, 2.05) is 6.92 Å². The molecule has 8 heteroatoms. The van der Waals surface area contributed by atoms with Crippen molar-refractivity contribution in [2.75, 3.05) is 0 Å². The summed E-state index contributed by atoms with van der Waals surface area (Å²) in [5.41, 5.74) is 1.97. The minimum Gasteiger partial charge on any atom is -0.403 e. The van der Waals surface area contributed by atoms with Crippen LogP contribution in [0.3, 0.4) is 0 Å². The van der Waals surface area contributed by atoms with Crippen molar-refractivity contribution in [3.63, 3.8) is 0 Å². The molecule has 1 N–H and O–H groups in total. The molecular formula is C18H21F3N2O2S. The standard InChI is InChI=1S/C18H21F3N2O2S/c1-5-10(3)23-15-11(4)12(17-22-7-8-26-17)9-13(14(24)6-2)16(15)25-18(19,20)21/h7-9,14,24H,5-6H2,1-4H3/b23-10-. The van der Waals surface area contributed by atoms with Crippen LogP contribution in [0.15, 0.2) is 22.6 Å². The molecule has 0 saturated heterocycles. The number of aliphatic imine (C=N–C) groups is 1. The van der Waals surface area contributed by atoms with E-state index in [9.17, 15) is 18.3 Å². The summed E-state index contributed by atoms with van der Waals surface area (Å²) in [6.45, 7) is 6.97. The number of thiazole rings is 1. The van der Waals surface area contributed by atoms with Crippen LogP contribution in [0.4, 0.5) is 18.9 Å². The minimum atomic E-state index is -4.89. The zero-order valence-corrected chi connectivity index (χ0v) is 15.8. The molecule has 2 rings (SSSR count). The lowest BCUT2D eigenvalue weighted by Gasteiger charge is -2.21. The Hall–Kier alpha value is -1.93. The van der Waals surface area contributed by atoms with Crippen LogP contribution >= 0.6 is 11.3 Å². The Kier molecular flexibility index (Phi) is 6.41. The summed E-state index contributed by atoms with van der Waals surface area (Å²) < 4.78 is 43.4. The molecule has 0 aliphatic rings. The molecule has 0 bridgehead atoms. The third-order valence-corrected chi connectivity index (χ3v) is 4.78. The average Bonchev–Trinajstić information content (AvgIpc) is 3.10. The Morgan fingerprint density at radius 1 is 1.38 bits per heavy atom. The van der Waals surface area contributed by atoms with Gasteiger partial charge in [0.15, 0.2) is 5.75 Å². The Morgan fingerprint density at radius 2 is 2.08 bits per heavy atom. The van der Waals surface area contributed by atoms with Crippen molar-refractivity contribution in [1.29, 1.82) is 0 Å². The van der Waals surface area contributed by atoms with Crippen molar-refractivity contribution >= 4 is 22.7 Å². The SMILES string of the molecule is CC/C(C)=N\c1c(C)c(-c2nccs2)cc(C(O)CC)c1OC(F)(F)F. The highest BCUT2D eigenvalue weighted by Gasteiger charge is 2.35. The fraction of sp³-hybridized carbons (Fsp3) is 0.444. The molecule has 0 fully saturated rings. The van der Waals surface area contributed by atoms with Gasteiger partial charge in [0, 0.05) is 28.4 Å². The molecule has 0 saturated carbocycles. The summed E-state index contributed by atoms with van der Waals surface area (Å²) in [4.78, 5) is 8.61. The van der Waals surface area contributed by atoms with Gasteiger partial charge in [-0.1, -0.05) is 13.8 Å². The van der Waals surface area contributed by atoms with E-state index in [0.29, 0.717) is 28.3 Å². The highest BCUT2D eigenvalue weighted by atomic mass is 32.1. The number of alkyl halides is 3. The van der Waals surface area contributed by atoms with Crippen LogP contribution in [-0.4, -0.2) is 22.2 Å². The molecule has 1 unspecified atom stereocenters. The van der Waals surface area contributed by atoms with Gasteiger partial charge in [0.1, 0.15) is 10.7 Å². The molecule has 1 aromatic heterocycles. The maximum atomic E-state index is 13.0. The maximum Gasteiger partial charge on any atom is 0.573 e. The van der Waals surface area contributed by atoms with Crippen LogP contribution in [0.1, 0.15) is 50.8 Å². The lowest BCUT2D eigenvalue weighted by molar-refractivity contribution is -0.274. The lowest BCUT2D eigenvalue weighted by Crippen LogP contribution is -2.19. The minimum absolute atomic E-state index is 0.0586.